The van der Waals surface area contributed by atoms with Crippen LogP contribution in [-0.2, 0) is 0 Å². The molecule has 6 nitrogen and oxygen atoms in total. The monoisotopic (exact) mass is 288 g/mol. The molecule has 0 aliphatic rings. The van der Waals surface area contributed by atoms with Crippen molar-refractivity contribution in [2.45, 2.75) is 6.92 Å². The molecule has 6 heteroatoms. The van der Waals surface area contributed by atoms with E-state index in [2.05, 4.69) is 10.3 Å². The molecule has 0 fully saturated rings. The summed E-state index contributed by atoms with van der Waals surface area (Å²) in [7, 11) is 3.13. The second kappa shape index (κ2) is 6.13. The minimum atomic E-state index is -0.988. The molecule has 0 saturated heterocycles. The van der Waals surface area contributed by atoms with Gasteiger partial charge in [-0.3, -0.25) is 0 Å². The number of methoxy groups -OCH3 is 2. The van der Waals surface area contributed by atoms with E-state index in [4.69, 9.17) is 14.6 Å². The number of benzene rings is 1. The number of carbonyl (C=O) groups is 1. The van der Waals surface area contributed by atoms with Gasteiger partial charge in [-0.05, 0) is 31.2 Å². The lowest BCUT2D eigenvalue weighted by Crippen LogP contribution is -2.03. The smallest absolute Gasteiger partial charge is 0.337 e. The van der Waals surface area contributed by atoms with Gasteiger partial charge in [0.05, 0.1) is 25.5 Å². The molecule has 21 heavy (non-hydrogen) atoms. The topological polar surface area (TPSA) is 80.7 Å². The van der Waals surface area contributed by atoms with Crippen LogP contribution in [0.15, 0.2) is 30.3 Å². The van der Waals surface area contributed by atoms with Gasteiger partial charge in [0.15, 0.2) is 11.5 Å². The van der Waals surface area contributed by atoms with Crippen LogP contribution < -0.4 is 14.8 Å². The fourth-order valence-corrected chi connectivity index (χ4v) is 1.92. The van der Waals surface area contributed by atoms with E-state index in [1.807, 2.05) is 6.07 Å². The maximum Gasteiger partial charge on any atom is 0.337 e. The number of aryl methyl sites for hydroxylation is 1. The van der Waals surface area contributed by atoms with Crippen molar-refractivity contribution in [1.29, 1.82) is 0 Å². The first-order chi connectivity index (χ1) is 10.0. The fraction of sp³-hybridized carbons (Fsp3) is 0.200. The first kappa shape index (κ1) is 14.6. The maximum absolute atomic E-state index is 11.0. The number of anilines is 2. The summed E-state index contributed by atoms with van der Waals surface area (Å²) in [4.78, 5) is 15.2. The molecule has 0 spiro atoms. The van der Waals surface area contributed by atoms with E-state index in [0.717, 1.165) is 5.69 Å². The molecule has 2 rings (SSSR count). The maximum atomic E-state index is 11.0. The van der Waals surface area contributed by atoms with Gasteiger partial charge in [-0.25, -0.2) is 9.78 Å². The van der Waals surface area contributed by atoms with Crippen molar-refractivity contribution in [3.63, 3.8) is 0 Å². The number of hydrogen-bond donors (Lipinski definition) is 2. The first-order valence-electron chi connectivity index (χ1n) is 6.25. The Bertz CT molecular complexity index is 671. The zero-order chi connectivity index (χ0) is 15.4. The average Bonchev–Trinajstić information content (AvgIpc) is 2.46. The van der Waals surface area contributed by atoms with Crippen molar-refractivity contribution in [1.82, 2.24) is 4.98 Å². The Balaban J connectivity index is 2.26. The largest absolute Gasteiger partial charge is 0.493 e. The van der Waals surface area contributed by atoms with Gasteiger partial charge in [0.2, 0.25) is 0 Å². The summed E-state index contributed by atoms with van der Waals surface area (Å²) in [6.07, 6.45) is 0. The molecule has 0 saturated carbocycles. The molecule has 1 aromatic heterocycles. The molecule has 0 aliphatic heterocycles. The van der Waals surface area contributed by atoms with Gasteiger partial charge in [0.1, 0.15) is 5.82 Å². The van der Waals surface area contributed by atoms with Crippen LogP contribution in [0.1, 0.15) is 16.1 Å². The lowest BCUT2D eigenvalue weighted by atomic mass is 10.2. The van der Waals surface area contributed by atoms with E-state index in [-0.39, 0.29) is 5.56 Å². The van der Waals surface area contributed by atoms with E-state index in [1.54, 1.807) is 39.3 Å². The molecule has 2 aromatic rings. The number of nitrogens with zero attached hydrogens (tertiary/aromatic N) is 1. The van der Waals surface area contributed by atoms with Crippen molar-refractivity contribution >= 4 is 17.5 Å². The summed E-state index contributed by atoms with van der Waals surface area (Å²) >= 11 is 0. The molecule has 0 aliphatic carbocycles. The third kappa shape index (κ3) is 3.22. The van der Waals surface area contributed by atoms with Gasteiger partial charge in [0.25, 0.3) is 0 Å². The molecule has 2 N–H and O–H groups in total. The second-order valence-corrected chi connectivity index (χ2v) is 4.33. The van der Waals surface area contributed by atoms with Gasteiger partial charge in [-0.1, -0.05) is 0 Å². The van der Waals surface area contributed by atoms with Crippen LogP contribution in [0.25, 0.3) is 0 Å². The van der Waals surface area contributed by atoms with Crippen molar-refractivity contribution < 1.29 is 19.4 Å². The predicted octanol–water partition coefficient (Wildman–Crippen LogP) is 2.85. The summed E-state index contributed by atoms with van der Waals surface area (Å²) in [5.41, 5.74) is 1.41. The highest BCUT2D eigenvalue weighted by molar-refractivity contribution is 5.89. The Labute approximate surface area is 122 Å². The quantitative estimate of drug-likeness (QED) is 0.880. The predicted molar refractivity (Wildman–Crippen MR) is 78.8 cm³/mol. The van der Waals surface area contributed by atoms with Crippen LogP contribution in [-0.4, -0.2) is 30.3 Å². The molecular weight excluding hydrogens is 272 g/mol. The average molecular weight is 288 g/mol. The van der Waals surface area contributed by atoms with Crippen molar-refractivity contribution in [3.8, 4) is 11.5 Å². The third-order valence-corrected chi connectivity index (χ3v) is 2.97. The molecule has 0 atom stereocenters. The van der Waals surface area contributed by atoms with Crippen LogP contribution in [0.4, 0.5) is 11.5 Å². The zero-order valence-electron chi connectivity index (χ0n) is 12.0. The van der Waals surface area contributed by atoms with Crippen LogP contribution >= 0.6 is 0 Å². The van der Waals surface area contributed by atoms with Gasteiger partial charge in [0, 0.05) is 11.8 Å². The molecule has 0 unspecified atom stereocenters. The fourth-order valence-electron chi connectivity index (χ4n) is 1.92. The van der Waals surface area contributed by atoms with Crippen LogP contribution in [0.5, 0.6) is 11.5 Å². The highest BCUT2D eigenvalue weighted by atomic mass is 16.5. The number of aromatic nitrogens is 1. The summed E-state index contributed by atoms with van der Waals surface area (Å²) in [5, 5.41) is 12.1. The van der Waals surface area contributed by atoms with Gasteiger partial charge < -0.3 is 19.9 Å². The lowest BCUT2D eigenvalue weighted by molar-refractivity contribution is 0.0695. The van der Waals surface area contributed by atoms with Crippen molar-refractivity contribution in [2.75, 3.05) is 19.5 Å². The lowest BCUT2D eigenvalue weighted by Gasteiger charge is -2.11. The normalized spacial score (nSPS) is 10.0. The summed E-state index contributed by atoms with van der Waals surface area (Å²) in [5.74, 6) is 0.803. The highest BCUT2D eigenvalue weighted by Gasteiger charge is 2.09. The van der Waals surface area contributed by atoms with Crippen LogP contribution in [0, 0.1) is 6.92 Å². The molecular formula is C15H16N2O4. The minimum absolute atomic E-state index is 0.188. The van der Waals surface area contributed by atoms with Crippen LogP contribution in [0.3, 0.4) is 0 Å². The molecule has 110 valence electrons. The highest BCUT2D eigenvalue weighted by Crippen LogP contribution is 2.30. The molecule has 0 radical (unpaired) electrons. The first-order valence-corrected chi connectivity index (χ1v) is 6.25. The SMILES string of the molecule is COc1ccc(Nc2ccc(C(=O)O)c(C)n2)cc1OC. The van der Waals surface area contributed by atoms with Gasteiger partial charge in [-0.2, -0.15) is 0 Å². The number of carboxylic acids is 1. The summed E-state index contributed by atoms with van der Waals surface area (Å²) in [6.45, 7) is 1.66. The van der Waals surface area contributed by atoms with Gasteiger partial charge >= 0.3 is 5.97 Å². The number of rotatable bonds is 5. The summed E-state index contributed by atoms with van der Waals surface area (Å²) < 4.78 is 10.4. The van der Waals surface area contributed by atoms with E-state index in [0.29, 0.717) is 23.0 Å². The number of nitrogens with one attached hydrogen (secondary N) is 1. The molecule has 1 aromatic carbocycles. The number of ether oxygens (including phenoxy) is 2. The Morgan fingerprint density at radius 1 is 1.14 bits per heavy atom. The number of aromatic carboxylic acids is 1. The Kier molecular flexibility index (Phi) is 4.27. The third-order valence-electron chi connectivity index (χ3n) is 2.97. The molecule has 0 bridgehead atoms. The van der Waals surface area contributed by atoms with E-state index in [9.17, 15) is 4.79 Å². The zero-order valence-corrected chi connectivity index (χ0v) is 12.0. The van der Waals surface area contributed by atoms with E-state index >= 15 is 0 Å². The second-order valence-electron chi connectivity index (χ2n) is 4.33. The molecule has 1 heterocycles. The number of carboxylic acid groups (broad SMARTS) is 1. The Morgan fingerprint density at radius 2 is 1.86 bits per heavy atom. The standard InChI is InChI=1S/C15H16N2O4/c1-9-11(15(18)19)5-7-14(16-9)17-10-4-6-12(20-2)13(8-10)21-3/h4-8H,1-3H3,(H,16,17)(H,18,19). The van der Waals surface area contributed by atoms with Crippen LogP contribution in [0.2, 0.25) is 0 Å². The minimum Gasteiger partial charge on any atom is -0.493 e. The molecule has 0 amide bonds. The van der Waals surface area contributed by atoms with E-state index in [1.165, 1.54) is 6.07 Å². The summed E-state index contributed by atoms with van der Waals surface area (Å²) in [6, 6.07) is 8.52. The number of hydrogen-bond acceptors (Lipinski definition) is 5. The van der Waals surface area contributed by atoms with Gasteiger partial charge in [-0.15, -0.1) is 0 Å². The Hall–Kier alpha value is -2.76. The van der Waals surface area contributed by atoms with Crippen molar-refractivity contribution in [2.24, 2.45) is 0 Å². The van der Waals surface area contributed by atoms with Crippen molar-refractivity contribution in [3.05, 3.63) is 41.6 Å². The number of pyridine rings is 1. The Morgan fingerprint density at radius 3 is 2.43 bits per heavy atom. The van der Waals surface area contributed by atoms with E-state index < -0.39 is 5.97 Å².